The number of carbonyl (C=O) groups is 2. The van der Waals surface area contributed by atoms with Gasteiger partial charge in [0.15, 0.2) is 11.5 Å². The van der Waals surface area contributed by atoms with Crippen LogP contribution in [0.25, 0.3) is 10.8 Å². The number of amides is 1. The Morgan fingerprint density at radius 3 is 2.69 bits per heavy atom. The Bertz CT molecular complexity index is 1200. The highest BCUT2D eigenvalue weighted by Crippen LogP contribution is 2.38. The first-order valence-corrected chi connectivity index (χ1v) is 10.7. The van der Waals surface area contributed by atoms with E-state index in [4.69, 9.17) is 9.47 Å². The predicted molar refractivity (Wildman–Crippen MR) is 124 cm³/mol. The number of benzene rings is 2. The summed E-state index contributed by atoms with van der Waals surface area (Å²) in [7, 11) is 1.57. The summed E-state index contributed by atoms with van der Waals surface area (Å²) in [4.78, 5) is 40.2. The maximum absolute atomic E-state index is 12.8. The van der Waals surface area contributed by atoms with Gasteiger partial charge in [0.05, 0.1) is 18.4 Å². The van der Waals surface area contributed by atoms with Gasteiger partial charge < -0.3 is 19.8 Å². The van der Waals surface area contributed by atoms with E-state index in [1.54, 1.807) is 31.4 Å². The van der Waals surface area contributed by atoms with Crippen LogP contribution in [0.5, 0.6) is 5.75 Å². The molecule has 7 nitrogen and oxygen atoms in total. The number of aromatic amines is 1. The molecule has 7 heteroatoms. The first-order valence-electron chi connectivity index (χ1n) is 10.7. The van der Waals surface area contributed by atoms with Crippen LogP contribution in [0, 0.1) is 6.92 Å². The molecule has 2 aromatic carbocycles. The summed E-state index contributed by atoms with van der Waals surface area (Å²) in [6, 6.07) is 12.4. The zero-order chi connectivity index (χ0) is 23.3. The van der Waals surface area contributed by atoms with Gasteiger partial charge in [-0.3, -0.25) is 14.4 Å². The van der Waals surface area contributed by atoms with Gasteiger partial charge in [-0.15, -0.1) is 0 Å². The van der Waals surface area contributed by atoms with Crippen molar-refractivity contribution in [3.63, 3.8) is 0 Å². The van der Waals surface area contributed by atoms with Crippen LogP contribution in [-0.4, -0.2) is 36.9 Å². The Morgan fingerprint density at radius 2 is 1.94 bits per heavy atom. The van der Waals surface area contributed by atoms with E-state index in [0.29, 0.717) is 35.2 Å². The third kappa shape index (κ3) is 4.73. The van der Waals surface area contributed by atoms with Gasteiger partial charge in [-0.05, 0) is 36.8 Å². The highest BCUT2D eigenvalue weighted by Gasteiger charge is 2.31. The van der Waals surface area contributed by atoms with Gasteiger partial charge in [0.2, 0.25) is 0 Å². The lowest BCUT2D eigenvalue weighted by molar-refractivity contribution is 0.0844. The number of rotatable bonds is 5. The minimum absolute atomic E-state index is 0.0784. The molecule has 3 aromatic rings. The summed E-state index contributed by atoms with van der Waals surface area (Å²) in [6.45, 7) is 6.75. The number of aryl methyl sites for hydroxylation is 1. The van der Waals surface area contributed by atoms with E-state index in [1.165, 1.54) is 0 Å². The number of ether oxygens (including phenoxy) is 2. The number of Topliss-reactive ketones (excluding diaryl/α,β-unsaturated/α-hetero) is 1. The van der Waals surface area contributed by atoms with Crippen LogP contribution in [0.4, 0.5) is 0 Å². The molecule has 1 atom stereocenters. The first-order chi connectivity index (χ1) is 15.5. The van der Waals surface area contributed by atoms with Crippen molar-refractivity contribution >= 4 is 22.5 Å². The van der Waals surface area contributed by atoms with Crippen molar-refractivity contribution < 1.29 is 19.1 Å². The van der Waals surface area contributed by atoms with Crippen LogP contribution in [-0.2, 0) is 4.74 Å². The third-order valence-corrected chi connectivity index (χ3v) is 5.15. The van der Waals surface area contributed by atoms with Crippen LogP contribution in [0.2, 0.25) is 0 Å². The van der Waals surface area contributed by atoms with E-state index in [1.807, 2.05) is 39.0 Å². The highest BCUT2D eigenvalue weighted by atomic mass is 16.5. The molecule has 0 bridgehead atoms. The molecule has 1 aliphatic heterocycles. The van der Waals surface area contributed by atoms with Crippen LogP contribution >= 0.6 is 0 Å². The molecule has 2 N–H and O–H groups in total. The lowest BCUT2D eigenvalue weighted by Crippen LogP contribution is -2.27. The Kier molecular flexibility index (Phi) is 7.43. The third-order valence-electron chi connectivity index (χ3n) is 5.15. The fourth-order valence-corrected chi connectivity index (χ4v) is 3.62. The normalized spacial score (nSPS) is 14.8. The molecule has 1 aromatic heterocycles. The van der Waals surface area contributed by atoms with Crippen molar-refractivity contribution in [2.75, 3.05) is 20.3 Å². The number of pyridine rings is 1. The number of H-pyrrole nitrogens is 1. The van der Waals surface area contributed by atoms with Gasteiger partial charge >= 0.3 is 0 Å². The summed E-state index contributed by atoms with van der Waals surface area (Å²) in [5, 5.41) is 3.86. The molecule has 2 heterocycles. The SMILES string of the molecule is CC.COCCNC(=O)c1cccc(C2CC(=O)c3[nH]c(=O)c4ccc(C)cc4c3O2)c1. The van der Waals surface area contributed by atoms with Crippen molar-refractivity contribution in [3.05, 3.63) is 75.2 Å². The molecule has 4 rings (SSSR count). The maximum atomic E-state index is 12.8. The van der Waals surface area contributed by atoms with E-state index in [2.05, 4.69) is 10.3 Å². The minimum atomic E-state index is -0.550. The molecule has 1 amide bonds. The lowest BCUT2D eigenvalue weighted by atomic mass is 9.96. The van der Waals surface area contributed by atoms with E-state index in [9.17, 15) is 14.4 Å². The van der Waals surface area contributed by atoms with Crippen molar-refractivity contribution in [1.82, 2.24) is 10.3 Å². The Morgan fingerprint density at radius 1 is 1.16 bits per heavy atom. The zero-order valence-electron chi connectivity index (χ0n) is 18.8. The molecule has 168 valence electrons. The van der Waals surface area contributed by atoms with Crippen LogP contribution in [0.15, 0.2) is 47.3 Å². The van der Waals surface area contributed by atoms with Crippen LogP contribution < -0.4 is 15.6 Å². The molecule has 32 heavy (non-hydrogen) atoms. The second kappa shape index (κ2) is 10.2. The van der Waals surface area contributed by atoms with Gasteiger partial charge in [-0.2, -0.15) is 0 Å². The van der Waals surface area contributed by atoms with Crippen molar-refractivity contribution in [1.29, 1.82) is 0 Å². The average Bonchev–Trinajstić information content (AvgIpc) is 2.81. The Balaban J connectivity index is 0.00000141. The monoisotopic (exact) mass is 436 g/mol. The molecule has 0 spiro atoms. The Hall–Kier alpha value is -3.45. The van der Waals surface area contributed by atoms with Gasteiger partial charge in [-0.25, -0.2) is 0 Å². The van der Waals surface area contributed by atoms with Gasteiger partial charge in [0.1, 0.15) is 11.8 Å². The summed E-state index contributed by atoms with van der Waals surface area (Å²) >= 11 is 0. The minimum Gasteiger partial charge on any atom is -0.482 e. The standard InChI is InChI=1S/C23H22N2O5.C2H6/c1-13-6-7-16-17(10-13)21-20(25-23(16)28)18(26)12-19(30-21)14-4-3-5-15(11-14)22(27)24-8-9-29-2;1-2/h3-7,10-11,19H,8-9,12H2,1-2H3,(H,24,27)(H,25,28);1-2H3. The van der Waals surface area contributed by atoms with E-state index >= 15 is 0 Å². The number of ketones is 1. The molecule has 0 saturated carbocycles. The number of hydrogen-bond acceptors (Lipinski definition) is 5. The highest BCUT2D eigenvalue weighted by molar-refractivity contribution is 6.04. The number of nitrogens with one attached hydrogen (secondary N) is 2. The molecule has 0 saturated heterocycles. The second-order valence-electron chi connectivity index (χ2n) is 7.32. The average molecular weight is 437 g/mol. The molecule has 0 aliphatic carbocycles. The lowest BCUT2D eigenvalue weighted by Gasteiger charge is -2.26. The molecule has 1 aliphatic rings. The smallest absolute Gasteiger partial charge is 0.256 e. The number of methoxy groups -OCH3 is 1. The zero-order valence-corrected chi connectivity index (χ0v) is 18.8. The summed E-state index contributed by atoms with van der Waals surface area (Å²) in [6.07, 6.45) is -0.471. The molecule has 1 unspecified atom stereocenters. The quantitative estimate of drug-likeness (QED) is 0.591. The first kappa shape index (κ1) is 23.2. The van der Waals surface area contributed by atoms with Gasteiger partial charge in [0, 0.05) is 24.6 Å². The van der Waals surface area contributed by atoms with E-state index < -0.39 is 6.10 Å². The van der Waals surface area contributed by atoms with Crippen LogP contribution in [0.3, 0.4) is 0 Å². The fraction of sp³-hybridized carbons (Fsp3) is 0.320. The molecule has 0 radical (unpaired) electrons. The fourth-order valence-electron chi connectivity index (χ4n) is 3.62. The number of aromatic nitrogens is 1. The van der Waals surface area contributed by atoms with Crippen molar-refractivity contribution in [2.24, 2.45) is 0 Å². The molecule has 0 fully saturated rings. The molecular formula is C25H28N2O5. The predicted octanol–water partition coefficient (Wildman–Crippen LogP) is 3.95. The summed E-state index contributed by atoms with van der Waals surface area (Å²) < 4.78 is 11.1. The van der Waals surface area contributed by atoms with E-state index in [-0.39, 0.29) is 29.4 Å². The topological polar surface area (TPSA) is 97.5 Å². The summed E-state index contributed by atoms with van der Waals surface area (Å²) in [5.74, 6) is -0.0388. The summed E-state index contributed by atoms with van der Waals surface area (Å²) in [5.41, 5.74) is 2.05. The number of hydrogen-bond donors (Lipinski definition) is 2. The van der Waals surface area contributed by atoms with Crippen molar-refractivity contribution in [2.45, 2.75) is 33.3 Å². The maximum Gasteiger partial charge on any atom is 0.256 e. The number of fused-ring (bicyclic) bond motifs is 3. The van der Waals surface area contributed by atoms with Gasteiger partial charge in [-0.1, -0.05) is 37.6 Å². The second-order valence-corrected chi connectivity index (χ2v) is 7.32. The van der Waals surface area contributed by atoms with Gasteiger partial charge in [0.25, 0.3) is 11.5 Å². The largest absolute Gasteiger partial charge is 0.482 e. The number of carbonyl (C=O) groups excluding carboxylic acids is 2. The van der Waals surface area contributed by atoms with Crippen molar-refractivity contribution in [3.8, 4) is 5.75 Å². The van der Waals surface area contributed by atoms with Crippen LogP contribution in [0.1, 0.15) is 58.3 Å². The van der Waals surface area contributed by atoms with E-state index in [0.717, 1.165) is 11.1 Å². The Labute approximate surface area is 186 Å². The molecular weight excluding hydrogens is 408 g/mol.